The van der Waals surface area contributed by atoms with E-state index in [1.807, 2.05) is 54.6 Å². The Kier molecular flexibility index (Phi) is 4.84. The molecule has 4 aromatic rings. The minimum absolute atomic E-state index is 0.0184. The van der Waals surface area contributed by atoms with E-state index < -0.39 is 0 Å². The number of hydrogen-bond donors (Lipinski definition) is 2. The number of nitrogens with zero attached hydrogens (tertiary/aromatic N) is 4. The number of rotatable bonds is 6. The van der Waals surface area contributed by atoms with Gasteiger partial charge in [0.15, 0.2) is 5.78 Å². The van der Waals surface area contributed by atoms with Crippen molar-refractivity contribution in [3.8, 4) is 22.6 Å². The summed E-state index contributed by atoms with van der Waals surface area (Å²) in [6.07, 6.45) is 3.07. The molecule has 0 aliphatic heterocycles. The number of hydrogen-bond acceptors (Lipinski definition) is 6. The second-order valence-electron chi connectivity index (χ2n) is 7.21. The molecule has 1 aliphatic rings. The molecule has 0 amide bonds. The number of H-pyrrole nitrogens is 1. The Hall–Kier alpha value is -3.39. The van der Waals surface area contributed by atoms with Gasteiger partial charge in [-0.1, -0.05) is 66.4 Å². The molecule has 7 nitrogen and oxygen atoms in total. The molecule has 0 spiro atoms. The minimum atomic E-state index is 0.0184. The van der Waals surface area contributed by atoms with Crippen LogP contribution in [0.1, 0.15) is 28.0 Å². The first-order valence-electron chi connectivity index (χ1n) is 9.79. The Labute approximate surface area is 177 Å². The number of benzene rings is 2. The molecule has 2 aromatic carbocycles. The van der Waals surface area contributed by atoms with Crippen molar-refractivity contribution in [3.63, 3.8) is 0 Å². The van der Waals surface area contributed by atoms with E-state index in [1.165, 1.54) is 22.0 Å². The average Bonchev–Trinajstić information content (AvgIpc) is 3.49. The van der Waals surface area contributed by atoms with Crippen LogP contribution in [0.3, 0.4) is 0 Å². The van der Waals surface area contributed by atoms with Crippen molar-refractivity contribution in [3.05, 3.63) is 71.4 Å². The van der Waals surface area contributed by atoms with E-state index in [2.05, 4.69) is 20.4 Å². The van der Waals surface area contributed by atoms with Crippen molar-refractivity contribution >= 4 is 17.5 Å². The lowest BCUT2D eigenvalue weighted by Crippen LogP contribution is -2.13. The zero-order valence-electron chi connectivity index (χ0n) is 16.2. The summed E-state index contributed by atoms with van der Waals surface area (Å²) in [6, 6.07) is 17.7. The molecule has 30 heavy (non-hydrogen) atoms. The first-order valence-corrected chi connectivity index (χ1v) is 10.8. The summed E-state index contributed by atoms with van der Waals surface area (Å²) in [7, 11) is 0. The largest absolute Gasteiger partial charge is 0.335 e. The Morgan fingerprint density at radius 1 is 1.03 bits per heavy atom. The van der Waals surface area contributed by atoms with Gasteiger partial charge >= 0.3 is 0 Å². The Balaban J connectivity index is 1.27. The number of thioether (sulfide) groups is 1. The van der Waals surface area contributed by atoms with E-state index in [1.54, 1.807) is 0 Å². The predicted molar refractivity (Wildman–Crippen MR) is 117 cm³/mol. The Morgan fingerprint density at radius 2 is 1.80 bits per heavy atom. The summed E-state index contributed by atoms with van der Waals surface area (Å²) in [5.41, 5.74) is 5.94. The molecule has 150 valence electrons. The van der Waals surface area contributed by atoms with Crippen LogP contribution >= 0.6 is 11.8 Å². The fourth-order valence-corrected chi connectivity index (χ4v) is 4.48. The van der Waals surface area contributed by atoms with Gasteiger partial charge in [-0.2, -0.15) is 5.10 Å². The molecule has 3 N–H and O–H groups in total. The molecular formula is C22H20N6OS. The molecule has 0 saturated heterocycles. The van der Waals surface area contributed by atoms with Gasteiger partial charge in [-0.15, -0.1) is 10.2 Å². The highest BCUT2D eigenvalue weighted by Crippen LogP contribution is 2.30. The second kappa shape index (κ2) is 7.79. The molecule has 0 radical (unpaired) electrons. The number of carbonyl (C=O) groups is 1. The van der Waals surface area contributed by atoms with Gasteiger partial charge in [0, 0.05) is 16.8 Å². The zero-order valence-corrected chi connectivity index (χ0v) is 17.0. The quantitative estimate of drug-likeness (QED) is 0.283. The molecule has 0 unspecified atom stereocenters. The van der Waals surface area contributed by atoms with Crippen molar-refractivity contribution < 1.29 is 4.79 Å². The number of nitrogens with two attached hydrogens (primary N) is 1. The van der Waals surface area contributed by atoms with Gasteiger partial charge in [0.25, 0.3) is 0 Å². The third-order valence-electron chi connectivity index (χ3n) is 5.33. The minimum Gasteiger partial charge on any atom is -0.335 e. The Morgan fingerprint density at radius 3 is 2.60 bits per heavy atom. The number of carbonyl (C=O) groups excluding carboxylic acids is 1. The van der Waals surface area contributed by atoms with Gasteiger partial charge in [0.2, 0.25) is 11.0 Å². The van der Waals surface area contributed by atoms with Crippen LogP contribution in [0.2, 0.25) is 0 Å². The van der Waals surface area contributed by atoms with Gasteiger partial charge < -0.3 is 5.84 Å². The van der Waals surface area contributed by atoms with Crippen molar-refractivity contribution in [2.45, 2.75) is 24.4 Å². The standard InChI is InChI=1S/C22H20N6OS/c23-28-21(20-17-7-4-8-18(17)24-25-20)26-27-22(28)30-13-19(29)16-11-9-15(10-12-16)14-5-2-1-3-6-14/h1-3,5-6,9-12H,4,7-8,13,23H2,(H,24,25). The molecule has 0 atom stereocenters. The van der Waals surface area contributed by atoms with E-state index in [0.717, 1.165) is 41.8 Å². The number of nitrogens with one attached hydrogen (secondary N) is 1. The molecule has 0 bridgehead atoms. The maximum absolute atomic E-state index is 12.6. The molecule has 8 heteroatoms. The first kappa shape index (κ1) is 18.6. The molecule has 2 heterocycles. The third-order valence-corrected chi connectivity index (χ3v) is 6.27. The third kappa shape index (κ3) is 3.39. The van der Waals surface area contributed by atoms with Gasteiger partial charge in [0.05, 0.1) is 5.75 Å². The average molecular weight is 417 g/mol. The van der Waals surface area contributed by atoms with Gasteiger partial charge in [-0.05, 0) is 30.4 Å². The van der Waals surface area contributed by atoms with Gasteiger partial charge in [-0.25, -0.2) is 4.68 Å². The van der Waals surface area contributed by atoms with E-state index >= 15 is 0 Å². The van der Waals surface area contributed by atoms with E-state index in [0.29, 0.717) is 16.5 Å². The van der Waals surface area contributed by atoms with Crippen LogP contribution in [0, 0.1) is 0 Å². The molecule has 0 fully saturated rings. The summed E-state index contributed by atoms with van der Waals surface area (Å²) in [5, 5.41) is 16.3. The monoisotopic (exact) mass is 416 g/mol. The van der Waals surface area contributed by atoms with E-state index in [4.69, 9.17) is 5.84 Å². The van der Waals surface area contributed by atoms with Crippen LogP contribution in [-0.2, 0) is 12.8 Å². The smallest absolute Gasteiger partial charge is 0.210 e. The van der Waals surface area contributed by atoms with E-state index in [-0.39, 0.29) is 11.5 Å². The fourth-order valence-electron chi connectivity index (χ4n) is 3.73. The number of ketones is 1. The second-order valence-corrected chi connectivity index (χ2v) is 8.16. The fraction of sp³-hybridized carbons (Fsp3) is 0.182. The molecule has 1 aliphatic carbocycles. The number of nitrogen functional groups attached to an aromatic ring is 1. The summed E-state index contributed by atoms with van der Waals surface area (Å²) in [6.45, 7) is 0. The lowest BCUT2D eigenvalue weighted by atomic mass is 10.0. The van der Waals surface area contributed by atoms with Crippen LogP contribution in [0.25, 0.3) is 22.6 Å². The zero-order chi connectivity index (χ0) is 20.5. The SMILES string of the molecule is Nn1c(SCC(=O)c2ccc(-c3ccccc3)cc2)nnc1-c1n[nH]c2c1CCC2. The summed E-state index contributed by atoms with van der Waals surface area (Å²) in [5.74, 6) is 6.98. The molecule has 0 saturated carbocycles. The normalized spacial score (nSPS) is 12.8. The van der Waals surface area contributed by atoms with Crippen molar-refractivity contribution in [2.24, 2.45) is 0 Å². The lowest BCUT2D eigenvalue weighted by molar-refractivity contribution is 0.102. The van der Waals surface area contributed by atoms with Crippen LogP contribution in [-0.4, -0.2) is 36.6 Å². The van der Waals surface area contributed by atoms with Crippen LogP contribution < -0.4 is 5.84 Å². The number of aryl methyl sites for hydroxylation is 1. The summed E-state index contributed by atoms with van der Waals surface area (Å²) < 4.78 is 1.42. The van der Waals surface area contributed by atoms with E-state index in [9.17, 15) is 4.79 Å². The highest BCUT2D eigenvalue weighted by molar-refractivity contribution is 7.99. The maximum atomic E-state index is 12.6. The van der Waals surface area contributed by atoms with Crippen LogP contribution in [0.5, 0.6) is 0 Å². The number of fused-ring (bicyclic) bond motifs is 1. The Bertz CT molecular complexity index is 1200. The number of aromatic amines is 1. The topological polar surface area (TPSA) is 102 Å². The van der Waals surface area contributed by atoms with Crippen molar-refractivity contribution in [1.29, 1.82) is 0 Å². The molecule has 2 aromatic heterocycles. The van der Waals surface area contributed by atoms with Crippen molar-refractivity contribution in [1.82, 2.24) is 25.1 Å². The van der Waals surface area contributed by atoms with Crippen LogP contribution in [0.15, 0.2) is 59.8 Å². The highest BCUT2D eigenvalue weighted by Gasteiger charge is 2.24. The van der Waals surface area contributed by atoms with Crippen molar-refractivity contribution in [2.75, 3.05) is 11.6 Å². The van der Waals surface area contributed by atoms with Gasteiger partial charge in [-0.3, -0.25) is 9.89 Å². The first-order chi connectivity index (χ1) is 14.7. The van der Waals surface area contributed by atoms with Crippen LogP contribution in [0.4, 0.5) is 0 Å². The van der Waals surface area contributed by atoms with Gasteiger partial charge in [0.1, 0.15) is 5.69 Å². The summed E-state index contributed by atoms with van der Waals surface area (Å²) in [4.78, 5) is 12.6. The molecular weight excluding hydrogens is 396 g/mol. The molecule has 5 rings (SSSR count). The number of aromatic nitrogens is 5. The predicted octanol–water partition coefficient (Wildman–Crippen LogP) is 3.51. The number of Topliss-reactive ketones (excluding diaryl/α,β-unsaturated/α-hetero) is 1. The highest BCUT2D eigenvalue weighted by atomic mass is 32.2. The maximum Gasteiger partial charge on any atom is 0.210 e. The summed E-state index contributed by atoms with van der Waals surface area (Å²) >= 11 is 1.28. The lowest BCUT2D eigenvalue weighted by Gasteiger charge is -2.05.